The van der Waals surface area contributed by atoms with E-state index >= 15 is 0 Å². The summed E-state index contributed by atoms with van der Waals surface area (Å²) in [6.45, 7) is 3.83. The van der Waals surface area contributed by atoms with Crippen LogP contribution in [0.4, 0.5) is 0 Å². The summed E-state index contributed by atoms with van der Waals surface area (Å²) in [7, 11) is 0. The van der Waals surface area contributed by atoms with Crippen molar-refractivity contribution >= 4 is 40.9 Å². The summed E-state index contributed by atoms with van der Waals surface area (Å²) in [6, 6.07) is 4.82. The van der Waals surface area contributed by atoms with Crippen LogP contribution in [0.25, 0.3) is 0 Å². The largest absolute Gasteiger partial charge is 0.480 e. The van der Waals surface area contributed by atoms with Gasteiger partial charge >= 0.3 is 5.97 Å². The fourth-order valence-electron chi connectivity index (χ4n) is 1.34. The number of halogens is 2. The summed E-state index contributed by atoms with van der Waals surface area (Å²) in [5.74, 6) is -0.415. The van der Waals surface area contributed by atoms with E-state index < -0.39 is 12.0 Å². The highest BCUT2D eigenvalue weighted by molar-refractivity contribution is 7.99. The molecule has 18 heavy (non-hydrogen) atoms. The van der Waals surface area contributed by atoms with Gasteiger partial charge in [0.05, 0.1) is 10.0 Å². The molecule has 1 aromatic carbocycles. The first-order valence-corrected chi connectivity index (χ1v) is 7.21. The summed E-state index contributed by atoms with van der Waals surface area (Å²) < 4.78 is 0. The van der Waals surface area contributed by atoms with E-state index in [-0.39, 0.29) is 6.04 Å². The van der Waals surface area contributed by atoms with E-state index in [0.29, 0.717) is 15.8 Å². The average Bonchev–Trinajstić information content (AvgIpc) is 2.28. The van der Waals surface area contributed by atoms with Gasteiger partial charge in [-0.2, -0.15) is 0 Å². The molecule has 0 heterocycles. The van der Waals surface area contributed by atoms with E-state index in [1.807, 2.05) is 19.9 Å². The molecule has 0 saturated heterocycles. The van der Waals surface area contributed by atoms with E-state index in [1.54, 1.807) is 12.1 Å². The van der Waals surface area contributed by atoms with Crippen molar-refractivity contribution < 1.29 is 9.90 Å². The lowest BCUT2D eigenvalue weighted by molar-refractivity contribution is -0.139. The monoisotopic (exact) mass is 307 g/mol. The zero-order valence-electron chi connectivity index (χ0n) is 10.1. The molecule has 1 rings (SSSR count). The van der Waals surface area contributed by atoms with E-state index in [0.717, 1.165) is 4.90 Å². The number of rotatable bonds is 6. The van der Waals surface area contributed by atoms with Crippen molar-refractivity contribution in [1.82, 2.24) is 5.32 Å². The molecule has 1 atom stereocenters. The van der Waals surface area contributed by atoms with Gasteiger partial charge in [0.15, 0.2) is 0 Å². The second-order valence-electron chi connectivity index (χ2n) is 4.10. The molecule has 3 nitrogen and oxygen atoms in total. The predicted molar refractivity (Wildman–Crippen MR) is 76.9 cm³/mol. The second-order valence-corrected chi connectivity index (χ2v) is 6.01. The zero-order chi connectivity index (χ0) is 13.7. The number of carboxylic acids is 1. The molecule has 0 aliphatic rings. The lowest BCUT2D eigenvalue weighted by Crippen LogP contribution is -2.42. The number of hydrogen-bond acceptors (Lipinski definition) is 3. The van der Waals surface area contributed by atoms with Gasteiger partial charge in [0, 0.05) is 16.7 Å². The molecular formula is C12H15Cl2NO2S. The van der Waals surface area contributed by atoms with Crippen LogP contribution in [0.15, 0.2) is 23.1 Å². The van der Waals surface area contributed by atoms with Crippen LogP contribution in [0.1, 0.15) is 13.8 Å². The lowest BCUT2D eigenvalue weighted by Gasteiger charge is -2.16. The SMILES string of the molecule is CC(C)NC(CSc1ccc(Cl)c(Cl)c1)C(=O)O. The Hall–Kier alpha value is -0.420. The second kappa shape index (κ2) is 7.24. The standard InChI is InChI=1S/C12H15Cl2NO2S/c1-7(2)15-11(12(16)17)6-18-8-3-4-9(13)10(14)5-8/h3-5,7,11,15H,6H2,1-2H3,(H,16,17). The first-order chi connectivity index (χ1) is 8.40. The minimum atomic E-state index is -0.851. The van der Waals surface area contributed by atoms with E-state index in [2.05, 4.69) is 5.32 Å². The Kier molecular flexibility index (Phi) is 6.29. The number of aliphatic carboxylic acids is 1. The minimum Gasteiger partial charge on any atom is -0.480 e. The van der Waals surface area contributed by atoms with Gasteiger partial charge in [-0.15, -0.1) is 11.8 Å². The topological polar surface area (TPSA) is 49.3 Å². The molecule has 100 valence electrons. The normalized spacial score (nSPS) is 12.7. The zero-order valence-corrected chi connectivity index (χ0v) is 12.4. The minimum absolute atomic E-state index is 0.125. The lowest BCUT2D eigenvalue weighted by atomic mass is 10.3. The maximum Gasteiger partial charge on any atom is 0.321 e. The summed E-state index contributed by atoms with van der Waals surface area (Å²) in [5.41, 5.74) is 0. The van der Waals surface area contributed by atoms with Crippen LogP contribution >= 0.6 is 35.0 Å². The molecule has 0 saturated carbocycles. The Morgan fingerprint density at radius 3 is 2.56 bits per heavy atom. The molecule has 0 bridgehead atoms. The number of benzene rings is 1. The van der Waals surface area contributed by atoms with Gasteiger partial charge in [-0.3, -0.25) is 4.79 Å². The Morgan fingerprint density at radius 2 is 2.06 bits per heavy atom. The van der Waals surface area contributed by atoms with Gasteiger partial charge in [-0.1, -0.05) is 37.0 Å². The van der Waals surface area contributed by atoms with Crippen molar-refractivity contribution in [3.63, 3.8) is 0 Å². The van der Waals surface area contributed by atoms with Crippen LogP contribution in [0.5, 0.6) is 0 Å². The first-order valence-electron chi connectivity index (χ1n) is 5.47. The molecule has 2 N–H and O–H groups in total. The van der Waals surface area contributed by atoms with Gasteiger partial charge < -0.3 is 10.4 Å². The van der Waals surface area contributed by atoms with Gasteiger partial charge in [-0.25, -0.2) is 0 Å². The van der Waals surface area contributed by atoms with E-state index in [9.17, 15) is 4.79 Å². The summed E-state index contributed by atoms with van der Waals surface area (Å²) in [4.78, 5) is 12.0. The molecule has 0 aromatic heterocycles. The highest BCUT2D eigenvalue weighted by atomic mass is 35.5. The third-order valence-corrected chi connectivity index (χ3v) is 3.97. The predicted octanol–water partition coefficient (Wildman–Crippen LogP) is 3.54. The van der Waals surface area contributed by atoms with Crippen LogP contribution in [-0.2, 0) is 4.79 Å². The molecule has 0 aliphatic heterocycles. The van der Waals surface area contributed by atoms with Crippen LogP contribution in [0.3, 0.4) is 0 Å². The molecule has 0 spiro atoms. The molecule has 1 aromatic rings. The van der Waals surface area contributed by atoms with Crippen molar-refractivity contribution in [2.45, 2.75) is 30.8 Å². The first kappa shape index (κ1) is 15.6. The van der Waals surface area contributed by atoms with Crippen molar-refractivity contribution in [2.24, 2.45) is 0 Å². The number of carbonyl (C=O) groups is 1. The average molecular weight is 308 g/mol. The molecular weight excluding hydrogens is 293 g/mol. The Morgan fingerprint density at radius 1 is 1.39 bits per heavy atom. The third-order valence-electron chi connectivity index (χ3n) is 2.14. The van der Waals surface area contributed by atoms with Gasteiger partial charge in [0.2, 0.25) is 0 Å². The number of hydrogen-bond donors (Lipinski definition) is 2. The van der Waals surface area contributed by atoms with Crippen LogP contribution < -0.4 is 5.32 Å². The van der Waals surface area contributed by atoms with Crippen molar-refractivity contribution in [3.8, 4) is 0 Å². The molecule has 1 unspecified atom stereocenters. The van der Waals surface area contributed by atoms with Gasteiger partial charge in [-0.05, 0) is 18.2 Å². The summed E-state index contributed by atoms with van der Waals surface area (Å²) in [5, 5.41) is 13.0. The number of carboxylic acid groups (broad SMARTS) is 1. The molecule has 6 heteroatoms. The molecule has 0 amide bonds. The van der Waals surface area contributed by atoms with Crippen LogP contribution in [0.2, 0.25) is 10.0 Å². The van der Waals surface area contributed by atoms with Gasteiger partial charge in [0.25, 0.3) is 0 Å². The quantitative estimate of drug-likeness (QED) is 0.789. The van der Waals surface area contributed by atoms with Gasteiger partial charge in [0.1, 0.15) is 6.04 Å². The summed E-state index contributed by atoms with van der Waals surface area (Å²) in [6.07, 6.45) is 0. The van der Waals surface area contributed by atoms with Crippen molar-refractivity contribution in [2.75, 3.05) is 5.75 Å². The fourth-order valence-corrected chi connectivity index (χ4v) is 2.67. The van der Waals surface area contributed by atoms with Crippen molar-refractivity contribution in [3.05, 3.63) is 28.2 Å². The smallest absolute Gasteiger partial charge is 0.321 e. The highest BCUT2D eigenvalue weighted by Gasteiger charge is 2.18. The Balaban J connectivity index is 2.61. The van der Waals surface area contributed by atoms with E-state index in [4.69, 9.17) is 28.3 Å². The van der Waals surface area contributed by atoms with Crippen LogP contribution in [-0.4, -0.2) is 28.9 Å². The summed E-state index contributed by atoms with van der Waals surface area (Å²) >= 11 is 13.1. The molecule has 0 aliphatic carbocycles. The molecule has 0 radical (unpaired) electrons. The number of nitrogens with one attached hydrogen (secondary N) is 1. The number of thioether (sulfide) groups is 1. The van der Waals surface area contributed by atoms with Crippen molar-refractivity contribution in [1.29, 1.82) is 0 Å². The maximum absolute atomic E-state index is 11.1. The third kappa shape index (κ3) is 5.06. The Bertz CT molecular complexity index is 427. The molecule has 0 fully saturated rings. The fraction of sp³-hybridized carbons (Fsp3) is 0.417. The van der Waals surface area contributed by atoms with Crippen LogP contribution in [0, 0.1) is 0 Å². The highest BCUT2D eigenvalue weighted by Crippen LogP contribution is 2.28. The van der Waals surface area contributed by atoms with E-state index in [1.165, 1.54) is 11.8 Å². The maximum atomic E-state index is 11.1. The Labute approximate surface area is 121 Å².